The molecule has 1 aromatic carbocycles. The third-order valence-corrected chi connectivity index (χ3v) is 3.40. The third-order valence-electron chi connectivity index (χ3n) is 3.40. The second-order valence-corrected chi connectivity index (χ2v) is 4.61. The quantitative estimate of drug-likeness (QED) is 0.878. The van der Waals surface area contributed by atoms with Crippen LogP contribution in [0.15, 0.2) is 42.7 Å². The lowest BCUT2D eigenvalue weighted by Gasteiger charge is -2.36. The first-order chi connectivity index (χ1) is 9.33. The highest BCUT2D eigenvalue weighted by Crippen LogP contribution is 2.19. The second kappa shape index (κ2) is 5.14. The van der Waals surface area contributed by atoms with E-state index in [2.05, 4.69) is 44.0 Å². The van der Waals surface area contributed by atoms with E-state index in [0.29, 0.717) is 5.82 Å². The zero-order valence-electron chi connectivity index (χ0n) is 10.7. The summed E-state index contributed by atoms with van der Waals surface area (Å²) in [6.07, 6.45) is 1.52. The SMILES string of the molecule is Nc1cc(N2CCN(c3ccccc3)CC2)ncn1. The number of hydrogen-bond donors (Lipinski definition) is 1. The molecule has 1 aliphatic heterocycles. The summed E-state index contributed by atoms with van der Waals surface area (Å²) in [6, 6.07) is 12.3. The zero-order valence-corrected chi connectivity index (χ0v) is 10.7. The van der Waals surface area contributed by atoms with Crippen molar-refractivity contribution in [1.82, 2.24) is 9.97 Å². The number of para-hydroxylation sites is 1. The van der Waals surface area contributed by atoms with E-state index in [4.69, 9.17) is 5.73 Å². The molecule has 2 heterocycles. The number of piperazine rings is 1. The van der Waals surface area contributed by atoms with E-state index in [9.17, 15) is 0 Å². The Kier molecular flexibility index (Phi) is 3.18. The molecule has 1 aliphatic rings. The normalized spacial score (nSPS) is 15.6. The zero-order chi connectivity index (χ0) is 13.1. The molecule has 5 nitrogen and oxygen atoms in total. The molecule has 5 heteroatoms. The van der Waals surface area contributed by atoms with Crippen LogP contribution < -0.4 is 15.5 Å². The number of anilines is 3. The molecule has 0 amide bonds. The number of aromatic nitrogens is 2. The van der Waals surface area contributed by atoms with Gasteiger partial charge in [0, 0.05) is 37.9 Å². The van der Waals surface area contributed by atoms with Gasteiger partial charge in [-0.15, -0.1) is 0 Å². The van der Waals surface area contributed by atoms with E-state index in [1.54, 1.807) is 0 Å². The van der Waals surface area contributed by atoms with Crippen LogP contribution in [0.4, 0.5) is 17.3 Å². The minimum absolute atomic E-state index is 0.524. The van der Waals surface area contributed by atoms with Crippen LogP contribution >= 0.6 is 0 Å². The van der Waals surface area contributed by atoms with Gasteiger partial charge in [0.25, 0.3) is 0 Å². The van der Waals surface area contributed by atoms with Crippen LogP contribution in [0.1, 0.15) is 0 Å². The maximum atomic E-state index is 5.70. The number of rotatable bonds is 2. The van der Waals surface area contributed by atoms with Gasteiger partial charge in [-0.25, -0.2) is 9.97 Å². The molecule has 0 aliphatic carbocycles. The summed E-state index contributed by atoms with van der Waals surface area (Å²) in [7, 11) is 0. The van der Waals surface area contributed by atoms with E-state index in [-0.39, 0.29) is 0 Å². The van der Waals surface area contributed by atoms with Gasteiger partial charge in [0.15, 0.2) is 0 Å². The molecule has 1 fully saturated rings. The Morgan fingerprint density at radius 3 is 2.26 bits per heavy atom. The lowest BCUT2D eigenvalue weighted by molar-refractivity contribution is 0.647. The van der Waals surface area contributed by atoms with Crippen molar-refractivity contribution in [3.63, 3.8) is 0 Å². The monoisotopic (exact) mass is 255 g/mol. The maximum absolute atomic E-state index is 5.70. The lowest BCUT2D eigenvalue weighted by atomic mass is 10.2. The van der Waals surface area contributed by atoms with Crippen molar-refractivity contribution in [2.75, 3.05) is 41.7 Å². The molecule has 0 spiro atoms. The second-order valence-electron chi connectivity index (χ2n) is 4.61. The Bertz CT molecular complexity index is 535. The molecule has 1 saturated heterocycles. The number of benzene rings is 1. The summed E-state index contributed by atoms with van der Waals surface area (Å²) >= 11 is 0. The Morgan fingerprint density at radius 1 is 0.895 bits per heavy atom. The highest BCUT2D eigenvalue weighted by Gasteiger charge is 2.18. The topological polar surface area (TPSA) is 58.3 Å². The summed E-state index contributed by atoms with van der Waals surface area (Å²) in [5, 5.41) is 0. The van der Waals surface area contributed by atoms with Crippen LogP contribution in [0.25, 0.3) is 0 Å². The average Bonchev–Trinajstić information content (AvgIpc) is 2.48. The van der Waals surface area contributed by atoms with Crippen molar-refractivity contribution in [3.8, 4) is 0 Å². The van der Waals surface area contributed by atoms with Gasteiger partial charge in [-0.05, 0) is 12.1 Å². The maximum Gasteiger partial charge on any atom is 0.134 e. The predicted octanol–water partition coefficient (Wildman–Crippen LogP) is 1.39. The van der Waals surface area contributed by atoms with Gasteiger partial charge in [0.05, 0.1) is 0 Å². The van der Waals surface area contributed by atoms with Gasteiger partial charge in [0.2, 0.25) is 0 Å². The molecular weight excluding hydrogens is 238 g/mol. The summed E-state index contributed by atoms with van der Waals surface area (Å²) in [4.78, 5) is 12.8. The largest absolute Gasteiger partial charge is 0.384 e. The number of nitrogens with two attached hydrogens (primary N) is 1. The lowest BCUT2D eigenvalue weighted by Crippen LogP contribution is -2.46. The number of nitrogens with zero attached hydrogens (tertiary/aromatic N) is 4. The highest BCUT2D eigenvalue weighted by molar-refractivity contribution is 5.50. The van der Waals surface area contributed by atoms with E-state index in [0.717, 1.165) is 32.0 Å². The van der Waals surface area contributed by atoms with E-state index in [1.165, 1.54) is 12.0 Å². The van der Waals surface area contributed by atoms with Crippen LogP contribution in [0.3, 0.4) is 0 Å². The molecule has 3 rings (SSSR count). The van der Waals surface area contributed by atoms with Crippen molar-refractivity contribution >= 4 is 17.3 Å². The molecule has 0 bridgehead atoms. The number of nitrogen functional groups attached to an aromatic ring is 1. The molecule has 0 radical (unpaired) electrons. The van der Waals surface area contributed by atoms with Crippen LogP contribution in [0, 0.1) is 0 Å². The van der Waals surface area contributed by atoms with Crippen molar-refractivity contribution in [1.29, 1.82) is 0 Å². The Labute approximate surface area is 112 Å². The van der Waals surface area contributed by atoms with Gasteiger partial charge >= 0.3 is 0 Å². The fourth-order valence-corrected chi connectivity index (χ4v) is 2.37. The van der Waals surface area contributed by atoms with Gasteiger partial charge in [-0.2, -0.15) is 0 Å². The summed E-state index contributed by atoms with van der Waals surface area (Å²) in [6.45, 7) is 3.89. The van der Waals surface area contributed by atoms with Gasteiger partial charge in [-0.1, -0.05) is 18.2 Å². The smallest absolute Gasteiger partial charge is 0.134 e. The first-order valence-corrected chi connectivity index (χ1v) is 6.45. The van der Waals surface area contributed by atoms with E-state index in [1.807, 2.05) is 12.1 Å². The predicted molar refractivity (Wildman–Crippen MR) is 77.3 cm³/mol. The summed E-state index contributed by atoms with van der Waals surface area (Å²) in [5.41, 5.74) is 6.98. The van der Waals surface area contributed by atoms with Gasteiger partial charge in [0.1, 0.15) is 18.0 Å². The minimum Gasteiger partial charge on any atom is -0.384 e. The van der Waals surface area contributed by atoms with E-state index < -0.39 is 0 Å². The highest BCUT2D eigenvalue weighted by atomic mass is 15.3. The van der Waals surface area contributed by atoms with E-state index >= 15 is 0 Å². The van der Waals surface area contributed by atoms with Gasteiger partial charge < -0.3 is 15.5 Å². The molecule has 19 heavy (non-hydrogen) atoms. The average molecular weight is 255 g/mol. The molecule has 0 saturated carbocycles. The standard InChI is InChI=1S/C14H17N5/c15-13-10-14(17-11-16-13)19-8-6-18(7-9-19)12-4-2-1-3-5-12/h1-5,10-11H,6-9H2,(H2,15,16,17). The summed E-state index contributed by atoms with van der Waals surface area (Å²) < 4.78 is 0. The fourth-order valence-electron chi connectivity index (χ4n) is 2.37. The Morgan fingerprint density at radius 2 is 1.58 bits per heavy atom. The van der Waals surface area contributed by atoms with Crippen molar-refractivity contribution < 1.29 is 0 Å². The molecule has 1 aromatic heterocycles. The third kappa shape index (κ3) is 2.59. The molecule has 2 aromatic rings. The fraction of sp³-hybridized carbons (Fsp3) is 0.286. The molecule has 2 N–H and O–H groups in total. The van der Waals surface area contributed by atoms with Gasteiger partial charge in [-0.3, -0.25) is 0 Å². The minimum atomic E-state index is 0.524. The molecule has 0 atom stereocenters. The summed E-state index contributed by atoms with van der Waals surface area (Å²) in [5.74, 6) is 1.44. The Balaban J connectivity index is 1.67. The Hall–Kier alpha value is -2.30. The van der Waals surface area contributed by atoms with Crippen molar-refractivity contribution in [3.05, 3.63) is 42.7 Å². The van der Waals surface area contributed by atoms with Crippen molar-refractivity contribution in [2.45, 2.75) is 0 Å². The van der Waals surface area contributed by atoms with Crippen LogP contribution in [-0.2, 0) is 0 Å². The first-order valence-electron chi connectivity index (χ1n) is 6.45. The molecule has 98 valence electrons. The van der Waals surface area contributed by atoms with Crippen LogP contribution in [0.5, 0.6) is 0 Å². The van der Waals surface area contributed by atoms with Crippen LogP contribution in [0.2, 0.25) is 0 Å². The van der Waals surface area contributed by atoms with Crippen molar-refractivity contribution in [2.24, 2.45) is 0 Å². The molecular formula is C14H17N5. The molecule has 0 unspecified atom stereocenters. The van der Waals surface area contributed by atoms with Crippen LogP contribution in [-0.4, -0.2) is 36.1 Å². The first kappa shape index (κ1) is 11.8. The number of hydrogen-bond acceptors (Lipinski definition) is 5.